The lowest BCUT2D eigenvalue weighted by atomic mass is 10.0. The van der Waals surface area contributed by atoms with Crippen LogP contribution in [0.4, 0.5) is 0 Å². The molecule has 0 bridgehead atoms. The first-order valence-corrected chi connectivity index (χ1v) is 5.46. The van der Waals surface area contributed by atoms with E-state index >= 15 is 0 Å². The molecule has 3 N–H and O–H groups in total. The van der Waals surface area contributed by atoms with Crippen LogP contribution in [0.15, 0.2) is 6.07 Å². The Bertz CT molecular complexity index is 361. The van der Waals surface area contributed by atoms with Gasteiger partial charge in [-0.1, -0.05) is 0 Å². The van der Waals surface area contributed by atoms with Crippen LogP contribution < -0.4 is 5.73 Å². The fourth-order valence-corrected chi connectivity index (χ4v) is 2.50. The maximum Gasteiger partial charge on any atom is 0.0612 e. The Kier molecular flexibility index (Phi) is 2.56. The SMILES string of the molecule is Cc1cc(C)n(C2CCC(N)(CO)C2)n1. The predicted octanol–water partition coefficient (Wildman–Crippen LogP) is 0.915. The molecule has 1 aliphatic carbocycles. The first-order chi connectivity index (χ1) is 7.04. The van der Waals surface area contributed by atoms with Crippen LogP contribution in [0, 0.1) is 13.8 Å². The molecular formula is C11H19N3O. The van der Waals surface area contributed by atoms with Gasteiger partial charge in [0.05, 0.1) is 18.3 Å². The van der Waals surface area contributed by atoms with Gasteiger partial charge in [0.2, 0.25) is 0 Å². The first-order valence-electron chi connectivity index (χ1n) is 5.46. The van der Waals surface area contributed by atoms with Crippen molar-refractivity contribution in [1.29, 1.82) is 0 Å². The van der Waals surface area contributed by atoms with E-state index in [1.807, 2.05) is 6.92 Å². The lowest BCUT2D eigenvalue weighted by molar-refractivity contribution is 0.195. The summed E-state index contributed by atoms with van der Waals surface area (Å²) >= 11 is 0. The molecule has 4 heteroatoms. The van der Waals surface area contributed by atoms with Crippen LogP contribution in [0.25, 0.3) is 0 Å². The van der Waals surface area contributed by atoms with Gasteiger partial charge in [-0.15, -0.1) is 0 Å². The van der Waals surface area contributed by atoms with Crippen LogP contribution in [0.1, 0.15) is 36.7 Å². The average Bonchev–Trinajstić information content (AvgIpc) is 2.71. The van der Waals surface area contributed by atoms with E-state index in [2.05, 4.69) is 22.8 Å². The van der Waals surface area contributed by atoms with Gasteiger partial charge >= 0.3 is 0 Å². The highest BCUT2D eigenvalue weighted by Crippen LogP contribution is 2.36. The maximum absolute atomic E-state index is 9.21. The predicted molar refractivity (Wildman–Crippen MR) is 58.6 cm³/mol. The summed E-state index contributed by atoms with van der Waals surface area (Å²) in [5.74, 6) is 0. The van der Waals surface area contributed by atoms with Crippen molar-refractivity contribution in [2.45, 2.75) is 44.7 Å². The zero-order valence-corrected chi connectivity index (χ0v) is 9.40. The second kappa shape index (κ2) is 3.61. The van der Waals surface area contributed by atoms with Crippen molar-refractivity contribution in [3.63, 3.8) is 0 Å². The van der Waals surface area contributed by atoms with Crippen molar-refractivity contribution < 1.29 is 5.11 Å². The van der Waals surface area contributed by atoms with Crippen molar-refractivity contribution in [3.05, 3.63) is 17.5 Å². The topological polar surface area (TPSA) is 64.1 Å². The van der Waals surface area contributed by atoms with Gasteiger partial charge in [0.1, 0.15) is 0 Å². The van der Waals surface area contributed by atoms with Crippen LogP contribution in [0.3, 0.4) is 0 Å². The van der Waals surface area contributed by atoms with E-state index in [1.165, 1.54) is 5.69 Å². The van der Waals surface area contributed by atoms with E-state index in [-0.39, 0.29) is 6.61 Å². The van der Waals surface area contributed by atoms with Crippen molar-refractivity contribution in [2.24, 2.45) is 5.73 Å². The van der Waals surface area contributed by atoms with Gasteiger partial charge in [-0.05, 0) is 39.2 Å². The number of nitrogens with zero attached hydrogens (tertiary/aromatic N) is 2. The van der Waals surface area contributed by atoms with Gasteiger partial charge in [-0.25, -0.2) is 0 Å². The largest absolute Gasteiger partial charge is 0.394 e. The number of hydrogen-bond acceptors (Lipinski definition) is 3. The number of aryl methyl sites for hydroxylation is 2. The van der Waals surface area contributed by atoms with Crippen LogP contribution in [0.2, 0.25) is 0 Å². The average molecular weight is 209 g/mol. The van der Waals surface area contributed by atoms with Crippen LogP contribution in [-0.4, -0.2) is 27.0 Å². The minimum atomic E-state index is -0.392. The first kappa shape index (κ1) is 10.6. The Morgan fingerprint density at radius 3 is 2.87 bits per heavy atom. The third kappa shape index (κ3) is 1.92. The van der Waals surface area contributed by atoms with Gasteiger partial charge in [0.25, 0.3) is 0 Å². The molecule has 1 aromatic rings. The van der Waals surface area contributed by atoms with E-state index in [1.54, 1.807) is 0 Å². The third-order valence-electron chi connectivity index (χ3n) is 3.32. The Balaban J connectivity index is 2.17. The second-order valence-electron chi connectivity index (χ2n) is 4.79. The molecule has 0 aliphatic heterocycles. The molecule has 0 aromatic carbocycles. The highest BCUT2D eigenvalue weighted by atomic mass is 16.3. The lowest BCUT2D eigenvalue weighted by Gasteiger charge is -2.21. The molecule has 2 unspecified atom stereocenters. The fraction of sp³-hybridized carbons (Fsp3) is 0.727. The molecule has 0 radical (unpaired) electrons. The van der Waals surface area contributed by atoms with Crippen molar-refractivity contribution >= 4 is 0 Å². The highest BCUT2D eigenvalue weighted by Gasteiger charge is 2.36. The minimum absolute atomic E-state index is 0.0722. The summed E-state index contributed by atoms with van der Waals surface area (Å²) < 4.78 is 2.06. The molecule has 0 spiro atoms. The number of hydrogen-bond donors (Lipinski definition) is 2. The molecule has 1 saturated carbocycles. The smallest absolute Gasteiger partial charge is 0.0612 e. The van der Waals surface area contributed by atoms with Gasteiger partial charge in [-0.2, -0.15) is 5.10 Å². The van der Waals surface area contributed by atoms with E-state index in [9.17, 15) is 5.11 Å². The maximum atomic E-state index is 9.21. The molecule has 1 heterocycles. The highest BCUT2D eigenvalue weighted by molar-refractivity contribution is 5.09. The van der Waals surface area contributed by atoms with Gasteiger partial charge in [0.15, 0.2) is 0 Å². The number of aliphatic hydroxyl groups excluding tert-OH is 1. The van der Waals surface area contributed by atoms with E-state index < -0.39 is 5.54 Å². The molecule has 0 saturated heterocycles. The zero-order chi connectivity index (χ0) is 11.1. The van der Waals surface area contributed by atoms with Gasteiger partial charge in [-0.3, -0.25) is 4.68 Å². The molecule has 2 rings (SSSR count). The van der Waals surface area contributed by atoms with Crippen molar-refractivity contribution in [1.82, 2.24) is 9.78 Å². The zero-order valence-electron chi connectivity index (χ0n) is 9.40. The van der Waals surface area contributed by atoms with E-state index in [0.717, 1.165) is 25.0 Å². The molecule has 2 atom stereocenters. The molecule has 1 aromatic heterocycles. The summed E-state index contributed by atoms with van der Waals surface area (Å²) in [4.78, 5) is 0. The lowest BCUT2D eigenvalue weighted by Crippen LogP contribution is -2.40. The Labute approximate surface area is 90.1 Å². The number of aliphatic hydroxyl groups is 1. The monoisotopic (exact) mass is 209 g/mol. The Hall–Kier alpha value is -0.870. The van der Waals surface area contributed by atoms with E-state index in [4.69, 9.17) is 5.73 Å². The fourth-order valence-electron chi connectivity index (χ4n) is 2.50. The summed E-state index contributed by atoms with van der Waals surface area (Å²) in [5.41, 5.74) is 7.89. The molecule has 1 fully saturated rings. The molecule has 0 amide bonds. The summed E-state index contributed by atoms with van der Waals surface area (Å²) in [7, 11) is 0. The van der Waals surface area contributed by atoms with Crippen LogP contribution in [-0.2, 0) is 0 Å². The molecule has 1 aliphatic rings. The normalized spacial score (nSPS) is 31.1. The molecular weight excluding hydrogens is 190 g/mol. The quantitative estimate of drug-likeness (QED) is 0.761. The Morgan fingerprint density at radius 2 is 2.40 bits per heavy atom. The molecule has 4 nitrogen and oxygen atoms in total. The van der Waals surface area contributed by atoms with Crippen molar-refractivity contribution in [2.75, 3.05) is 6.61 Å². The van der Waals surface area contributed by atoms with Crippen LogP contribution in [0.5, 0.6) is 0 Å². The molecule has 84 valence electrons. The summed E-state index contributed by atoms with van der Waals surface area (Å²) in [6.07, 6.45) is 2.72. The second-order valence-corrected chi connectivity index (χ2v) is 4.79. The summed E-state index contributed by atoms with van der Waals surface area (Å²) in [5, 5.41) is 13.7. The van der Waals surface area contributed by atoms with Crippen LogP contribution >= 0.6 is 0 Å². The standard InChI is InChI=1S/C11H19N3O/c1-8-5-9(2)14(13-8)10-3-4-11(12,6-10)7-15/h5,10,15H,3-4,6-7,12H2,1-2H3. The van der Waals surface area contributed by atoms with E-state index in [0.29, 0.717) is 6.04 Å². The van der Waals surface area contributed by atoms with Gasteiger partial charge < -0.3 is 10.8 Å². The number of rotatable bonds is 2. The Morgan fingerprint density at radius 1 is 1.67 bits per heavy atom. The summed E-state index contributed by atoms with van der Waals surface area (Å²) in [6, 6.07) is 2.44. The van der Waals surface area contributed by atoms with Crippen molar-refractivity contribution in [3.8, 4) is 0 Å². The molecule has 15 heavy (non-hydrogen) atoms. The number of aromatic nitrogens is 2. The van der Waals surface area contributed by atoms with Gasteiger partial charge in [0, 0.05) is 11.2 Å². The number of nitrogens with two attached hydrogens (primary N) is 1. The summed E-state index contributed by atoms with van der Waals surface area (Å²) in [6.45, 7) is 4.14. The minimum Gasteiger partial charge on any atom is -0.394 e. The third-order valence-corrected chi connectivity index (χ3v) is 3.32.